The van der Waals surface area contributed by atoms with Gasteiger partial charge in [0.05, 0.1) is 11.0 Å². The van der Waals surface area contributed by atoms with Crippen LogP contribution in [0.4, 0.5) is 5.69 Å². The topological polar surface area (TPSA) is 76.2 Å². The predicted molar refractivity (Wildman–Crippen MR) is 116 cm³/mol. The molecule has 0 aliphatic carbocycles. The minimum atomic E-state index is -0.137. The first-order valence-electron chi connectivity index (χ1n) is 9.85. The Morgan fingerprint density at radius 3 is 2.57 bits per heavy atom. The number of aromatic nitrogens is 2. The van der Waals surface area contributed by atoms with E-state index in [0.29, 0.717) is 30.2 Å². The molecule has 0 bridgehead atoms. The van der Waals surface area contributed by atoms with Crippen molar-refractivity contribution in [3.63, 3.8) is 0 Å². The van der Waals surface area contributed by atoms with Crippen LogP contribution in [-0.4, -0.2) is 29.1 Å². The highest BCUT2D eigenvalue weighted by molar-refractivity contribution is 6.04. The van der Waals surface area contributed by atoms with Crippen LogP contribution in [0.3, 0.4) is 0 Å². The fraction of sp³-hybridized carbons (Fsp3) is 0.167. The molecule has 1 aliphatic heterocycles. The molecule has 0 fully saturated rings. The number of carbonyl (C=O) groups excluding carboxylic acids is 1. The highest BCUT2D eigenvalue weighted by atomic mass is 16.6. The molecule has 0 radical (unpaired) electrons. The minimum absolute atomic E-state index is 0.137. The molecule has 0 unspecified atom stereocenters. The van der Waals surface area contributed by atoms with E-state index in [1.165, 1.54) is 0 Å². The van der Waals surface area contributed by atoms with E-state index in [1.807, 2.05) is 68.4 Å². The lowest BCUT2D eigenvalue weighted by Gasteiger charge is -2.17. The van der Waals surface area contributed by atoms with Gasteiger partial charge in [-0.25, -0.2) is 4.98 Å². The normalized spacial score (nSPS) is 12.7. The van der Waals surface area contributed by atoms with Gasteiger partial charge in [0.1, 0.15) is 19.0 Å². The number of hydrogen-bond acceptors (Lipinski definition) is 4. The number of imidazole rings is 1. The molecule has 0 saturated carbocycles. The average molecular weight is 399 g/mol. The number of hydrogen-bond donors (Lipinski definition) is 2. The van der Waals surface area contributed by atoms with Gasteiger partial charge in [0.15, 0.2) is 11.5 Å². The highest BCUT2D eigenvalue weighted by Gasteiger charge is 2.16. The van der Waals surface area contributed by atoms with E-state index in [-0.39, 0.29) is 5.91 Å². The number of nitrogens with zero attached hydrogens (tertiary/aromatic N) is 1. The molecule has 0 spiro atoms. The Balaban J connectivity index is 1.43. The van der Waals surface area contributed by atoms with Gasteiger partial charge in [-0.3, -0.25) is 4.79 Å². The Hall–Kier alpha value is -3.80. The number of aromatic amines is 1. The summed E-state index contributed by atoms with van der Waals surface area (Å²) in [7, 11) is 0. The number of amides is 1. The molecule has 1 amide bonds. The summed E-state index contributed by atoms with van der Waals surface area (Å²) in [5, 5.41) is 2.97. The molecule has 6 nitrogen and oxygen atoms in total. The Kier molecular flexibility index (Phi) is 4.39. The summed E-state index contributed by atoms with van der Waals surface area (Å²) < 4.78 is 11.3. The summed E-state index contributed by atoms with van der Waals surface area (Å²) in [4.78, 5) is 20.7. The van der Waals surface area contributed by atoms with Crippen LogP contribution >= 0.6 is 0 Å². The average Bonchev–Trinajstić information content (AvgIpc) is 3.17. The second-order valence-electron chi connectivity index (χ2n) is 7.43. The molecule has 1 aromatic heterocycles. The monoisotopic (exact) mass is 399 g/mol. The lowest BCUT2D eigenvalue weighted by molar-refractivity contribution is 0.102. The molecule has 5 rings (SSSR count). The molecule has 30 heavy (non-hydrogen) atoms. The van der Waals surface area contributed by atoms with Crippen LogP contribution < -0.4 is 14.8 Å². The van der Waals surface area contributed by atoms with Crippen molar-refractivity contribution in [2.24, 2.45) is 0 Å². The van der Waals surface area contributed by atoms with Crippen LogP contribution in [0.2, 0.25) is 0 Å². The van der Waals surface area contributed by atoms with Gasteiger partial charge < -0.3 is 19.8 Å². The molecule has 4 aromatic rings. The van der Waals surface area contributed by atoms with E-state index in [4.69, 9.17) is 9.47 Å². The molecule has 0 atom stereocenters. The van der Waals surface area contributed by atoms with Gasteiger partial charge in [0, 0.05) is 28.9 Å². The van der Waals surface area contributed by atoms with E-state index in [9.17, 15) is 4.79 Å². The van der Waals surface area contributed by atoms with Gasteiger partial charge in [0.2, 0.25) is 0 Å². The molecular formula is C24H21N3O3. The number of carbonyl (C=O) groups is 1. The van der Waals surface area contributed by atoms with Gasteiger partial charge in [-0.1, -0.05) is 18.2 Å². The summed E-state index contributed by atoms with van der Waals surface area (Å²) in [6, 6.07) is 17.1. The summed E-state index contributed by atoms with van der Waals surface area (Å²) in [5.41, 5.74) is 6.16. The third-order valence-electron chi connectivity index (χ3n) is 5.31. The van der Waals surface area contributed by atoms with Crippen LogP contribution in [0.5, 0.6) is 11.5 Å². The maximum atomic E-state index is 12.7. The zero-order valence-corrected chi connectivity index (χ0v) is 16.8. The van der Waals surface area contributed by atoms with Crippen LogP contribution in [0.1, 0.15) is 21.5 Å². The van der Waals surface area contributed by atoms with Crippen LogP contribution in [0.25, 0.3) is 22.4 Å². The minimum Gasteiger partial charge on any atom is -0.486 e. The maximum absolute atomic E-state index is 12.7. The second kappa shape index (κ2) is 7.22. The first-order valence-corrected chi connectivity index (χ1v) is 9.85. The number of anilines is 1. The lowest BCUT2D eigenvalue weighted by atomic mass is 10.1. The Morgan fingerprint density at radius 1 is 0.967 bits per heavy atom. The summed E-state index contributed by atoms with van der Waals surface area (Å²) >= 11 is 0. The van der Waals surface area contributed by atoms with Crippen molar-refractivity contribution in [3.8, 4) is 22.9 Å². The lowest BCUT2D eigenvalue weighted by Crippen LogP contribution is -2.15. The van der Waals surface area contributed by atoms with E-state index >= 15 is 0 Å². The Bertz CT molecular complexity index is 1230. The van der Waals surface area contributed by atoms with Crippen LogP contribution in [-0.2, 0) is 0 Å². The number of ether oxygens (including phenoxy) is 2. The van der Waals surface area contributed by atoms with Gasteiger partial charge >= 0.3 is 0 Å². The largest absolute Gasteiger partial charge is 0.486 e. The molecule has 6 heteroatoms. The third-order valence-corrected chi connectivity index (χ3v) is 5.31. The summed E-state index contributed by atoms with van der Waals surface area (Å²) in [5.74, 6) is 2.01. The quantitative estimate of drug-likeness (QED) is 0.515. The van der Waals surface area contributed by atoms with E-state index in [2.05, 4.69) is 15.3 Å². The van der Waals surface area contributed by atoms with Gasteiger partial charge in [0.25, 0.3) is 5.91 Å². The van der Waals surface area contributed by atoms with Crippen molar-refractivity contribution >= 4 is 22.6 Å². The number of rotatable bonds is 3. The molecule has 0 saturated heterocycles. The van der Waals surface area contributed by atoms with Gasteiger partial charge in [-0.15, -0.1) is 0 Å². The first kappa shape index (κ1) is 18.2. The molecule has 2 heterocycles. The molecule has 3 aromatic carbocycles. The smallest absolute Gasteiger partial charge is 0.255 e. The third kappa shape index (κ3) is 3.37. The molecule has 1 aliphatic rings. The fourth-order valence-corrected chi connectivity index (χ4v) is 3.51. The highest BCUT2D eigenvalue weighted by Crippen LogP contribution is 2.35. The number of H-pyrrole nitrogens is 1. The van der Waals surface area contributed by atoms with Crippen molar-refractivity contribution in [2.75, 3.05) is 18.5 Å². The molecule has 2 N–H and O–H groups in total. The van der Waals surface area contributed by atoms with Crippen molar-refractivity contribution in [1.82, 2.24) is 9.97 Å². The van der Waals surface area contributed by atoms with Crippen molar-refractivity contribution in [2.45, 2.75) is 13.8 Å². The number of aryl methyl sites for hydroxylation is 2. The van der Waals surface area contributed by atoms with Crippen molar-refractivity contribution < 1.29 is 14.3 Å². The molecular weight excluding hydrogens is 378 g/mol. The van der Waals surface area contributed by atoms with Crippen molar-refractivity contribution in [3.05, 3.63) is 71.3 Å². The number of nitrogens with one attached hydrogen (secondary N) is 2. The van der Waals surface area contributed by atoms with E-state index in [0.717, 1.165) is 39.3 Å². The predicted octanol–water partition coefficient (Wildman–Crippen LogP) is 4.87. The van der Waals surface area contributed by atoms with Crippen LogP contribution in [0, 0.1) is 13.8 Å². The van der Waals surface area contributed by atoms with E-state index in [1.54, 1.807) is 0 Å². The number of benzene rings is 3. The summed E-state index contributed by atoms with van der Waals surface area (Å²) in [6.45, 7) is 5.12. The van der Waals surface area contributed by atoms with Gasteiger partial charge in [-0.05, 0) is 49.2 Å². The zero-order chi connectivity index (χ0) is 20.7. The maximum Gasteiger partial charge on any atom is 0.255 e. The van der Waals surface area contributed by atoms with Crippen molar-refractivity contribution in [1.29, 1.82) is 0 Å². The molecule has 150 valence electrons. The standard InChI is InChI=1S/C24H21N3O3/c1-14-6-7-17(10-15(14)2)24(28)25-18-5-3-4-16(11-18)23-26-19-12-21-22(13-20(19)27-23)30-9-8-29-21/h3-7,10-13H,8-9H2,1-2H3,(H,25,28)(H,26,27). The first-order chi connectivity index (χ1) is 14.6. The Morgan fingerprint density at radius 2 is 1.77 bits per heavy atom. The zero-order valence-electron chi connectivity index (χ0n) is 16.8. The number of fused-ring (bicyclic) bond motifs is 2. The SMILES string of the molecule is Cc1ccc(C(=O)Nc2cccc(-c3nc4cc5c(cc4[nH]3)OCCO5)c2)cc1C. The fourth-order valence-electron chi connectivity index (χ4n) is 3.51. The van der Waals surface area contributed by atoms with Crippen LogP contribution in [0.15, 0.2) is 54.6 Å². The van der Waals surface area contributed by atoms with Gasteiger partial charge in [-0.2, -0.15) is 0 Å². The Labute approximate surface area is 173 Å². The summed E-state index contributed by atoms with van der Waals surface area (Å²) in [6.07, 6.45) is 0. The van der Waals surface area contributed by atoms with E-state index < -0.39 is 0 Å². The second-order valence-corrected chi connectivity index (χ2v) is 7.43.